The summed E-state index contributed by atoms with van der Waals surface area (Å²) in [5, 5.41) is 0.458. The number of aryl methyl sites for hydroxylation is 1. The molecule has 0 amide bonds. The van der Waals surface area contributed by atoms with Crippen molar-refractivity contribution in [2.75, 3.05) is 7.11 Å². The Bertz CT molecular complexity index is 710. The summed E-state index contributed by atoms with van der Waals surface area (Å²) in [6.07, 6.45) is 5.23. The van der Waals surface area contributed by atoms with Gasteiger partial charge in [0.2, 0.25) is 0 Å². The van der Waals surface area contributed by atoms with E-state index in [1.165, 1.54) is 7.11 Å². The molecule has 0 spiro atoms. The molecule has 1 heterocycles. The van der Waals surface area contributed by atoms with E-state index in [-0.39, 0.29) is 0 Å². The monoisotopic (exact) mass is 334 g/mol. The summed E-state index contributed by atoms with van der Waals surface area (Å²) in [7, 11) is 1.33. The minimum absolute atomic E-state index is 0.397. The van der Waals surface area contributed by atoms with E-state index in [0.29, 0.717) is 22.8 Å². The Morgan fingerprint density at radius 3 is 2.83 bits per heavy atom. The van der Waals surface area contributed by atoms with Crippen LogP contribution in [0, 0.1) is 0 Å². The predicted molar refractivity (Wildman–Crippen MR) is 88.1 cm³/mol. The quantitative estimate of drug-likeness (QED) is 0.574. The lowest BCUT2D eigenvalue weighted by molar-refractivity contribution is 0.0600. The molecule has 23 heavy (non-hydrogen) atoms. The number of ether oxygens (including phenoxy) is 1. The van der Waals surface area contributed by atoms with Crippen molar-refractivity contribution < 1.29 is 14.3 Å². The van der Waals surface area contributed by atoms with Crippen molar-refractivity contribution in [2.24, 2.45) is 0 Å². The molecule has 0 N–H and O–H groups in total. The number of hydrogen-bond acceptors (Lipinski definition) is 4. The molecule has 0 radical (unpaired) electrons. The van der Waals surface area contributed by atoms with Gasteiger partial charge in [0.25, 0.3) is 0 Å². The highest BCUT2D eigenvalue weighted by Crippen LogP contribution is 2.21. The molecule has 2 aromatic rings. The first-order chi connectivity index (χ1) is 11.1. The maximum atomic E-state index is 11.5. The predicted octanol–water partition coefficient (Wildman–Crippen LogP) is 3.53. The Labute approximate surface area is 140 Å². The van der Waals surface area contributed by atoms with Gasteiger partial charge in [-0.25, -0.2) is 9.78 Å². The van der Waals surface area contributed by atoms with Gasteiger partial charge in [-0.3, -0.25) is 4.79 Å². The normalized spacial score (nSPS) is 10.6. The lowest BCUT2D eigenvalue weighted by atomic mass is 10.1. The Kier molecular flexibility index (Phi) is 5.93. The largest absolute Gasteiger partial charge is 0.465 e. The highest BCUT2D eigenvalue weighted by atomic mass is 35.5. The second-order valence-corrected chi connectivity index (χ2v) is 5.61. The van der Waals surface area contributed by atoms with Gasteiger partial charge in [0.05, 0.1) is 25.4 Å². The van der Waals surface area contributed by atoms with E-state index < -0.39 is 5.97 Å². The lowest BCUT2D eigenvalue weighted by Gasteiger charge is -2.12. The van der Waals surface area contributed by atoms with E-state index in [1.807, 2.05) is 4.57 Å². The fourth-order valence-electron chi connectivity index (χ4n) is 2.33. The number of esters is 1. The SMILES string of the molecule is CCCCc1ncc(C=O)n1Cc1ccc(C(=O)OC)cc1Cl. The number of aromatic nitrogens is 2. The molecule has 5 nitrogen and oxygen atoms in total. The van der Waals surface area contributed by atoms with Crippen LogP contribution in [0.5, 0.6) is 0 Å². The number of halogens is 1. The minimum Gasteiger partial charge on any atom is -0.465 e. The van der Waals surface area contributed by atoms with E-state index in [2.05, 4.69) is 16.6 Å². The standard InChI is InChI=1S/C17H19ClN2O3/c1-3-4-5-16-19-9-14(11-21)20(16)10-13-7-6-12(8-15(13)18)17(22)23-2/h6-9,11H,3-5,10H2,1-2H3. The van der Waals surface area contributed by atoms with E-state index in [4.69, 9.17) is 11.6 Å². The molecule has 0 aliphatic heterocycles. The molecule has 0 aliphatic rings. The van der Waals surface area contributed by atoms with Crippen LogP contribution in [0.15, 0.2) is 24.4 Å². The van der Waals surface area contributed by atoms with Gasteiger partial charge < -0.3 is 9.30 Å². The van der Waals surface area contributed by atoms with Gasteiger partial charge in [-0.05, 0) is 24.1 Å². The summed E-state index contributed by atoms with van der Waals surface area (Å²) in [5.74, 6) is 0.431. The van der Waals surface area contributed by atoms with Crippen LogP contribution in [0.2, 0.25) is 5.02 Å². The smallest absolute Gasteiger partial charge is 0.337 e. The van der Waals surface area contributed by atoms with E-state index in [9.17, 15) is 9.59 Å². The molecule has 1 aromatic carbocycles. The van der Waals surface area contributed by atoms with Crippen LogP contribution >= 0.6 is 11.6 Å². The lowest BCUT2D eigenvalue weighted by Crippen LogP contribution is -2.10. The average Bonchev–Trinajstić information content (AvgIpc) is 2.95. The summed E-state index contributed by atoms with van der Waals surface area (Å²) in [6, 6.07) is 5.01. The zero-order valence-corrected chi connectivity index (χ0v) is 14.0. The molecular formula is C17H19ClN2O3. The number of unbranched alkanes of at least 4 members (excludes halogenated alkanes) is 1. The molecule has 0 aliphatic carbocycles. The summed E-state index contributed by atoms with van der Waals surface area (Å²) in [5.41, 5.74) is 1.73. The minimum atomic E-state index is -0.432. The molecule has 0 saturated heterocycles. The van der Waals surface area contributed by atoms with Crippen LogP contribution in [0.3, 0.4) is 0 Å². The number of carbonyl (C=O) groups is 2. The maximum Gasteiger partial charge on any atom is 0.337 e. The molecule has 6 heteroatoms. The van der Waals surface area contributed by atoms with Crippen LogP contribution in [0.25, 0.3) is 0 Å². The summed E-state index contributed by atoms with van der Waals surface area (Å²) in [6.45, 7) is 2.55. The number of carbonyl (C=O) groups excluding carboxylic acids is 2. The van der Waals surface area contributed by atoms with Crippen LogP contribution in [0.4, 0.5) is 0 Å². The van der Waals surface area contributed by atoms with E-state index in [0.717, 1.165) is 36.9 Å². The highest BCUT2D eigenvalue weighted by molar-refractivity contribution is 6.31. The molecule has 122 valence electrons. The van der Waals surface area contributed by atoms with Crippen molar-refractivity contribution in [3.05, 3.63) is 52.1 Å². The fourth-order valence-corrected chi connectivity index (χ4v) is 2.57. The van der Waals surface area contributed by atoms with Gasteiger partial charge >= 0.3 is 5.97 Å². The fraction of sp³-hybridized carbons (Fsp3) is 0.353. The number of benzene rings is 1. The second-order valence-electron chi connectivity index (χ2n) is 5.20. The summed E-state index contributed by atoms with van der Waals surface area (Å²) >= 11 is 6.27. The molecule has 0 unspecified atom stereocenters. The number of rotatable bonds is 7. The number of aldehydes is 1. The Morgan fingerprint density at radius 2 is 2.22 bits per heavy atom. The average molecular weight is 335 g/mol. The number of imidazole rings is 1. The number of methoxy groups -OCH3 is 1. The third kappa shape index (κ3) is 3.99. The van der Waals surface area contributed by atoms with Gasteiger partial charge in [-0.2, -0.15) is 0 Å². The van der Waals surface area contributed by atoms with Crippen LogP contribution in [-0.4, -0.2) is 28.9 Å². The summed E-state index contributed by atoms with van der Waals surface area (Å²) in [4.78, 5) is 27.1. The van der Waals surface area contributed by atoms with Gasteiger partial charge in [0, 0.05) is 11.4 Å². The third-order valence-corrected chi connectivity index (χ3v) is 4.00. The zero-order chi connectivity index (χ0) is 16.8. The molecule has 0 saturated carbocycles. The summed E-state index contributed by atoms with van der Waals surface area (Å²) < 4.78 is 6.54. The highest BCUT2D eigenvalue weighted by Gasteiger charge is 2.13. The number of nitrogens with zero attached hydrogens (tertiary/aromatic N) is 2. The second kappa shape index (κ2) is 7.92. The maximum absolute atomic E-state index is 11.5. The van der Waals surface area contributed by atoms with Gasteiger partial charge in [0.15, 0.2) is 6.29 Å². The first-order valence-electron chi connectivity index (χ1n) is 7.47. The molecule has 2 rings (SSSR count). The molecule has 1 aromatic heterocycles. The molecule has 0 fully saturated rings. The van der Waals surface area contributed by atoms with Crippen molar-refractivity contribution in [1.29, 1.82) is 0 Å². The zero-order valence-electron chi connectivity index (χ0n) is 13.2. The topological polar surface area (TPSA) is 61.2 Å². The molecular weight excluding hydrogens is 316 g/mol. The molecule has 0 bridgehead atoms. The number of hydrogen-bond donors (Lipinski definition) is 0. The van der Waals surface area contributed by atoms with Gasteiger partial charge in [0.1, 0.15) is 11.5 Å². The van der Waals surface area contributed by atoms with Crippen molar-refractivity contribution in [1.82, 2.24) is 9.55 Å². The van der Waals surface area contributed by atoms with E-state index >= 15 is 0 Å². The van der Waals surface area contributed by atoms with Crippen molar-refractivity contribution in [3.63, 3.8) is 0 Å². The molecule has 0 atom stereocenters. The van der Waals surface area contributed by atoms with Crippen molar-refractivity contribution in [2.45, 2.75) is 32.7 Å². The van der Waals surface area contributed by atoms with Crippen LogP contribution in [0.1, 0.15) is 52.0 Å². The van der Waals surface area contributed by atoms with Crippen molar-refractivity contribution >= 4 is 23.9 Å². The Balaban J connectivity index is 2.29. The first kappa shape index (κ1) is 17.2. The Morgan fingerprint density at radius 1 is 1.43 bits per heavy atom. The first-order valence-corrected chi connectivity index (χ1v) is 7.84. The third-order valence-electron chi connectivity index (χ3n) is 3.65. The van der Waals surface area contributed by atoms with Gasteiger partial charge in [-0.15, -0.1) is 0 Å². The van der Waals surface area contributed by atoms with Crippen LogP contribution < -0.4 is 0 Å². The van der Waals surface area contributed by atoms with Crippen LogP contribution in [-0.2, 0) is 17.7 Å². The van der Waals surface area contributed by atoms with Crippen molar-refractivity contribution in [3.8, 4) is 0 Å². The Hall–Kier alpha value is -2.14. The van der Waals surface area contributed by atoms with E-state index in [1.54, 1.807) is 24.4 Å². The van der Waals surface area contributed by atoms with Gasteiger partial charge in [-0.1, -0.05) is 31.0 Å².